The lowest BCUT2D eigenvalue weighted by Gasteiger charge is -2.21. The maximum Gasteiger partial charge on any atom is 0.249 e. The van der Waals surface area contributed by atoms with Crippen molar-refractivity contribution in [3.05, 3.63) is 52.5 Å². The average Bonchev–Trinajstić information content (AvgIpc) is 3.41. The number of hydrogen-bond donors (Lipinski definition) is 0. The van der Waals surface area contributed by atoms with Gasteiger partial charge in [0.05, 0.1) is 19.1 Å². The highest BCUT2D eigenvalue weighted by molar-refractivity contribution is 7.08. The lowest BCUT2D eigenvalue weighted by molar-refractivity contribution is -0.131. The van der Waals surface area contributed by atoms with Crippen LogP contribution in [0.25, 0.3) is 11.4 Å². The Morgan fingerprint density at radius 2 is 2.27 bits per heavy atom. The molecule has 7 heteroatoms. The predicted molar refractivity (Wildman–Crippen MR) is 98.0 cm³/mol. The van der Waals surface area contributed by atoms with Crippen molar-refractivity contribution in [2.24, 2.45) is 0 Å². The SMILES string of the molecule is COc1ccccc1-c1noc([C@H]2CCCN2C(=O)Cc2ccsc2)n1. The van der Waals surface area contributed by atoms with Gasteiger partial charge in [0.15, 0.2) is 0 Å². The maximum absolute atomic E-state index is 12.7. The van der Waals surface area contributed by atoms with Gasteiger partial charge in [-0.1, -0.05) is 17.3 Å². The number of amides is 1. The van der Waals surface area contributed by atoms with Crippen molar-refractivity contribution in [1.29, 1.82) is 0 Å². The van der Waals surface area contributed by atoms with Crippen LogP contribution in [-0.2, 0) is 11.2 Å². The molecule has 0 aliphatic carbocycles. The van der Waals surface area contributed by atoms with Gasteiger partial charge in [-0.05, 0) is 47.4 Å². The van der Waals surface area contributed by atoms with Gasteiger partial charge in [0.25, 0.3) is 0 Å². The summed E-state index contributed by atoms with van der Waals surface area (Å²) in [6.45, 7) is 0.722. The number of carbonyl (C=O) groups is 1. The van der Waals surface area contributed by atoms with E-state index in [1.165, 1.54) is 0 Å². The number of aromatic nitrogens is 2. The first-order valence-electron chi connectivity index (χ1n) is 8.54. The lowest BCUT2D eigenvalue weighted by atomic mass is 10.1. The number of methoxy groups -OCH3 is 1. The van der Waals surface area contributed by atoms with Crippen molar-refractivity contribution < 1.29 is 14.1 Å². The molecule has 4 rings (SSSR count). The minimum absolute atomic E-state index is 0.0999. The highest BCUT2D eigenvalue weighted by atomic mass is 32.1. The zero-order valence-electron chi connectivity index (χ0n) is 14.4. The van der Waals surface area contributed by atoms with Gasteiger partial charge in [-0.2, -0.15) is 16.3 Å². The summed E-state index contributed by atoms with van der Waals surface area (Å²) >= 11 is 1.60. The Bertz CT molecular complexity index is 891. The first-order valence-corrected chi connectivity index (χ1v) is 9.48. The molecule has 1 aliphatic rings. The van der Waals surface area contributed by atoms with Gasteiger partial charge in [-0.3, -0.25) is 4.79 Å². The fourth-order valence-electron chi connectivity index (χ4n) is 3.30. The number of likely N-dealkylation sites (tertiary alicyclic amines) is 1. The molecule has 3 heterocycles. The predicted octanol–water partition coefficient (Wildman–Crippen LogP) is 3.71. The zero-order valence-corrected chi connectivity index (χ0v) is 15.2. The van der Waals surface area contributed by atoms with Crippen LogP contribution in [0.4, 0.5) is 0 Å². The quantitative estimate of drug-likeness (QED) is 0.686. The van der Waals surface area contributed by atoms with Gasteiger partial charge in [-0.25, -0.2) is 0 Å². The first-order chi connectivity index (χ1) is 12.8. The van der Waals surface area contributed by atoms with Gasteiger partial charge in [-0.15, -0.1) is 0 Å². The molecular weight excluding hydrogens is 350 g/mol. The molecule has 0 spiro atoms. The molecule has 0 radical (unpaired) electrons. The molecule has 2 aromatic heterocycles. The Morgan fingerprint density at radius 3 is 3.08 bits per heavy atom. The Labute approximate surface area is 155 Å². The summed E-state index contributed by atoms with van der Waals surface area (Å²) in [4.78, 5) is 19.1. The molecule has 0 bridgehead atoms. The summed E-state index contributed by atoms with van der Waals surface area (Å²) < 4.78 is 10.9. The molecular formula is C19H19N3O3S. The van der Waals surface area contributed by atoms with E-state index in [0.29, 0.717) is 23.9 Å². The van der Waals surface area contributed by atoms with Crippen LogP contribution in [0.1, 0.15) is 30.3 Å². The van der Waals surface area contributed by atoms with Crippen LogP contribution in [0.2, 0.25) is 0 Å². The van der Waals surface area contributed by atoms with Gasteiger partial charge < -0.3 is 14.2 Å². The van der Waals surface area contributed by atoms with E-state index in [0.717, 1.165) is 30.5 Å². The smallest absolute Gasteiger partial charge is 0.249 e. The third kappa shape index (κ3) is 3.22. The largest absolute Gasteiger partial charge is 0.496 e. The van der Waals surface area contributed by atoms with Crippen LogP contribution in [-0.4, -0.2) is 34.6 Å². The van der Waals surface area contributed by atoms with Crippen LogP contribution < -0.4 is 4.74 Å². The normalized spacial score (nSPS) is 16.8. The molecule has 1 amide bonds. The van der Waals surface area contributed by atoms with E-state index < -0.39 is 0 Å². The van der Waals surface area contributed by atoms with Crippen LogP contribution in [0.5, 0.6) is 5.75 Å². The molecule has 1 aromatic carbocycles. The molecule has 134 valence electrons. The van der Waals surface area contributed by atoms with Crippen LogP contribution in [0, 0.1) is 0 Å². The Morgan fingerprint density at radius 1 is 1.38 bits per heavy atom. The number of carbonyl (C=O) groups excluding carboxylic acids is 1. The molecule has 1 saturated heterocycles. The molecule has 1 fully saturated rings. The number of benzene rings is 1. The summed E-state index contributed by atoms with van der Waals surface area (Å²) in [5.74, 6) is 1.76. The van der Waals surface area contributed by atoms with E-state index in [1.54, 1.807) is 18.4 Å². The first kappa shape index (κ1) is 16.8. The molecule has 1 atom stereocenters. The maximum atomic E-state index is 12.7. The lowest BCUT2D eigenvalue weighted by Crippen LogP contribution is -2.31. The average molecular weight is 369 g/mol. The monoisotopic (exact) mass is 369 g/mol. The van der Waals surface area contributed by atoms with Crippen LogP contribution in [0.3, 0.4) is 0 Å². The van der Waals surface area contributed by atoms with E-state index in [2.05, 4.69) is 10.1 Å². The standard InChI is InChI=1S/C19H19N3O3S/c1-24-16-7-3-2-5-14(16)18-20-19(25-21-18)15-6-4-9-22(15)17(23)11-13-8-10-26-12-13/h2-3,5,7-8,10,12,15H,4,6,9,11H2,1H3/t15-/m1/s1. The second-order valence-corrected chi connectivity index (χ2v) is 6.99. The minimum atomic E-state index is -0.155. The molecule has 6 nitrogen and oxygen atoms in total. The van der Waals surface area contributed by atoms with Crippen molar-refractivity contribution >= 4 is 17.2 Å². The summed E-state index contributed by atoms with van der Waals surface area (Å²) in [6.07, 6.45) is 2.18. The molecule has 3 aromatic rings. The third-order valence-electron chi connectivity index (χ3n) is 4.58. The second-order valence-electron chi connectivity index (χ2n) is 6.21. The Kier molecular flexibility index (Phi) is 4.71. The van der Waals surface area contributed by atoms with Gasteiger partial charge in [0.1, 0.15) is 11.8 Å². The molecule has 0 N–H and O–H groups in total. The number of hydrogen-bond acceptors (Lipinski definition) is 6. The minimum Gasteiger partial charge on any atom is -0.496 e. The van der Waals surface area contributed by atoms with E-state index in [-0.39, 0.29) is 11.9 Å². The summed E-state index contributed by atoms with van der Waals surface area (Å²) in [6, 6.07) is 9.38. The van der Waals surface area contributed by atoms with Crippen molar-refractivity contribution in [3.8, 4) is 17.1 Å². The Hall–Kier alpha value is -2.67. The van der Waals surface area contributed by atoms with Gasteiger partial charge >= 0.3 is 0 Å². The van der Waals surface area contributed by atoms with Crippen molar-refractivity contribution in [2.75, 3.05) is 13.7 Å². The number of para-hydroxylation sites is 1. The Balaban J connectivity index is 1.55. The second kappa shape index (κ2) is 7.29. The summed E-state index contributed by atoms with van der Waals surface area (Å²) in [5, 5.41) is 8.10. The number of nitrogens with zero attached hydrogens (tertiary/aromatic N) is 3. The fraction of sp³-hybridized carbons (Fsp3) is 0.316. The van der Waals surface area contributed by atoms with E-state index in [1.807, 2.05) is 46.0 Å². The summed E-state index contributed by atoms with van der Waals surface area (Å²) in [7, 11) is 1.61. The van der Waals surface area contributed by atoms with Crippen molar-refractivity contribution in [2.45, 2.75) is 25.3 Å². The molecule has 0 unspecified atom stereocenters. The topological polar surface area (TPSA) is 68.5 Å². The van der Waals surface area contributed by atoms with Crippen molar-refractivity contribution in [3.63, 3.8) is 0 Å². The van der Waals surface area contributed by atoms with E-state index in [4.69, 9.17) is 9.26 Å². The van der Waals surface area contributed by atoms with Crippen molar-refractivity contribution in [1.82, 2.24) is 15.0 Å². The van der Waals surface area contributed by atoms with Gasteiger partial charge in [0.2, 0.25) is 17.6 Å². The van der Waals surface area contributed by atoms with Gasteiger partial charge in [0, 0.05) is 6.54 Å². The molecule has 0 saturated carbocycles. The zero-order chi connectivity index (χ0) is 17.9. The molecule has 1 aliphatic heterocycles. The fourth-order valence-corrected chi connectivity index (χ4v) is 3.97. The van der Waals surface area contributed by atoms with E-state index >= 15 is 0 Å². The van der Waals surface area contributed by atoms with E-state index in [9.17, 15) is 4.79 Å². The third-order valence-corrected chi connectivity index (χ3v) is 5.32. The number of ether oxygens (including phenoxy) is 1. The number of rotatable bonds is 5. The highest BCUT2D eigenvalue weighted by Gasteiger charge is 2.34. The van der Waals surface area contributed by atoms with Crippen LogP contribution >= 0.6 is 11.3 Å². The summed E-state index contributed by atoms with van der Waals surface area (Å²) in [5.41, 5.74) is 1.82. The molecule has 26 heavy (non-hydrogen) atoms. The van der Waals surface area contributed by atoms with Crippen LogP contribution in [0.15, 0.2) is 45.6 Å². The highest BCUT2D eigenvalue weighted by Crippen LogP contribution is 2.34. The number of thiophene rings is 1.